The Hall–Kier alpha value is -1.18. The lowest BCUT2D eigenvalue weighted by Crippen LogP contribution is -2.21. The third kappa shape index (κ3) is 1.31. The molecule has 2 nitrogen and oxygen atoms in total. The van der Waals surface area contributed by atoms with Gasteiger partial charge in [-0.1, -0.05) is 19.4 Å². The van der Waals surface area contributed by atoms with E-state index in [1.54, 1.807) is 0 Å². The number of furan rings is 1. The Balaban J connectivity index is 2.70. The Morgan fingerprint density at radius 1 is 1.20 bits per heavy atom. The minimum absolute atomic E-state index is 0.188. The van der Waals surface area contributed by atoms with E-state index in [1.807, 2.05) is 6.92 Å². The van der Waals surface area contributed by atoms with Gasteiger partial charge in [0.1, 0.15) is 5.76 Å². The van der Waals surface area contributed by atoms with Crippen molar-refractivity contribution >= 4 is 11.5 Å². The summed E-state index contributed by atoms with van der Waals surface area (Å²) >= 11 is 0. The summed E-state index contributed by atoms with van der Waals surface area (Å²) in [6.45, 7) is 10.9. The third-order valence-electron chi connectivity index (χ3n) is 3.81. The van der Waals surface area contributed by atoms with Crippen molar-refractivity contribution in [1.29, 1.82) is 0 Å². The molecule has 1 heterocycles. The number of hydrogen-bond donors (Lipinski definition) is 1. The first-order valence-electron chi connectivity index (χ1n) is 5.40. The molecule has 0 fully saturated rings. The van der Waals surface area contributed by atoms with Crippen LogP contribution in [0.4, 0.5) is 5.88 Å². The van der Waals surface area contributed by atoms with Gasteiger partial charge in [0.25, 0.3) is 0 Å². The Labute approximate surface area is 91.2 Å². The lowest BCUT2D eigenvalue weighted by molar-refractivity contribution is 0.384. The first-order valence-corrected chi connectivity index (χ1v) is 5.40. The van der Waals surface area contributed by atoms with E-state index >= 15 is 0 Å². The quantitative estimate of drug-likeness (QED) is 0.703. The van der Waals surface area contributed by atoms with Gasteiger partial charge in [0.2, 0.25) is 0 Å². The summed E-state index contributed by atoms with van der Waals surface area (Å²) in [5.74, 6) is 1.63. The zero-order chi connectivity index (χ0) is 11.4. The SMILES string of the molecule is CC1=C(C)C(C)(C)Cc2oc(N)c(C)c21. The second-order valence-corrected chi connectivity index (χ2v) is 5.20. The fraction of sp³-hybridized carbons (Fsp3) is 0.538. The van der Waals surface area contributed by atoms with Gasteiger partial charge in [0.15, 0.2) is 5.88 Å². The van der Waals surface area contributed by atoms with Crippen LogP contribution < -0.4 is 5.73 Å². The predicted molar refractivity (Wildman–Crippen MR) is 63.6 cm³/mol. The van der Waals surface area contributed by atoms with Gasteiger partial charge in [-0.05, 0) is 31.8 Å². The summed E-state index contributed by atoms with van der Waals surface area (Å²) in [5.41, 5.74) is 11.1. The molecule has 15 heavy (non-hydrogen) atoms. The van der Waals surface area contributed by atoms with Crippen LogP contribution in [0, 0.1) is 12.3 Å². The summed E-state index contributed by atoms with van der Waals surface area (Å²) in [7, 11) is 0. The molecule has 0 saturated carbocycles. The summed E-state index contributed by atoms with van der Waals surface area (Å²) in [6.07, 6.45) is 0.948. The number of nitrogen functional groups attached to an aromatic ring is 1. The van der Waals surface area contributed by atoms with Crippen molar-refractivity contribution in [3.8, 4) is 0 Å². The molecule has 0 bridgehead atoms. The van der Waals surface area contributed by atoms with Gasteiger partial charge in [-0.2, -0.15) is 0 Å². The Kier molecular flexibility index (Phi) is 2.00. The lowest BCUT2D eigenvalue weighted by Gasteiger charge is -2.31. The van der Waals surface area contributed by atoms with Crippen LogP contribution >= 0.6 is 0 Å². The minimum Gasteiger partial charge on any atom is -0.445 e. The molecule has 2 heteroatoms. The van der Waals surface area contributed by atoms with Crippen LogP contribution in [0.3, 0.4) is 0 Å². The molecule has 1 aromatic rings. The van der Waals surface area contributed by atoms with Crippen LogP contribution in [0.25, 0.3) is 5.57 Å². The van der Waals surface area contributed by atoms with Crippen LogP contribution in [0.1, 0.15) is 44.6 Å². The van der Waals surface area contributed by atoms with Crippen LogP contribution in [-0.4, -0.2) is 0 Å². The van der Waals surface area contributed by atoms with Crippen LogP contribution in [0.15, 0.2) is 9.99 Å². The van der Waals surface area contributed by atoms with E-state index in [9.17, 15) is 0 Å². The first kappa shape index (κ1) is 10.3. The first-order chi connectivity index (χ1) is 6.84. The number of nitrogens with two attached hydrogens (primary N) is 1. The maximum Gasteiger partial charge on any atom is 0.194 e. The van der Waals surface area contributed by atoms with Crippen molar-refractivity contribution in [2.45, 2.75) is 41.0 Å². The highest BCUT2D eigenvalue weighted by Crippen LogP contribution is 2.45. The third-order valence-corrected chi connectivity index (χ3v) is 3.81. The average Bonchev–Trinajstić information content (AvgIpc) is 2.38. The summed E-state index contributed by atoms with van der Waals surface area (Å²) in [5, 5.41) is 0. The van der Waals surface area contributed by atoms with Gasteiger partial charge >= 0.3 is 0 Å². The summed E-state index contributed by atoms with van der Waals surface area (Å²) in [4.78, 5) is 0. The molecule has 0 saturated heterocycles. The van der Waals surface area contributed by atoms with Gasteiger partial charge in [0.05, 0.1) is 0 Å². The monoisotopic (exact) mass is 205 g/mol. The molecule has 1 aliphatic carbocycles. The highest BCUT2D eigenvalue weighted by atomic mass is 16.4. The smallest absolute Gasteiger partial charge is 0.194 e. The fourth-order valence-corrected chi connectivity index (χ4v) is 2.44. The summed E-state index contributed by atoms with van der Waals surface area (Å²) < 4.78 is 5.63. The maximum absolute atomic E-state index is 5.83. The number of hydrogen-bond acceptors (Lipinski definition) is 2. The molecule has 1 aromatic heterocycles. The van der Waals surface area contributed by atoms with Crippen LogP contribution in [-0.2, 0) is 6.42 Å². The Bertz CT molecular complexity index is 449. The van der Waals surface area contributed by atoms with Crippen molar-refractivity contribution in [3.05, 3.63) is 22.5 Å². The zero-order valence-electron chi connectivity index (χ0n) is 10.2. The van der Waals surface area contributed by atoms with E-state index < -0.39 is 0 Å². The molecule has 0 amide bonds. The van der Waals surface area contributed by atoms with E-state index in [0.29, 0.717) is 5.88 Å². The van der Waals surface area contributed by atoms with E-state index in [-0.39, 0.29) is 5.41 Å². The summed E-state index contributed by atoms with van der Waals surface area (Å²) in [6, 6.07) is 0. The fourth-order valence-electron chi connectivity index (χ4n) is 2.44. The standard InChI is InChI=1S/C13H19NO/c1-7-9(3)13(4,5)6-10-11(7)8(2)12(14)15-10/h6,14H2,1-5H3. The van der Waals surface area contributed by atoms with E-state index in [2.05, 4.69) is 27.7 Å². The molecule has 0 unspecified atom stereocenters. The molecule has 2 rings (SSSR count). The maximum atomic E-state index is 5.83. The molecule has 0 aliphatic heterocycles. The molecule has 0 radical (unpaired) electrons. The van der Waals surface area contributed by atoms with Gasteiger partial charge in [-0.15, -0.1) is 0 Å². The normalized spacial score (nSPS) is 19.3. The number of fused-ring (bicyclic) bond motifs is 1. The van der Waals surface area contributed by atoms with E-state index in [4.69, 9.17) is 10.2 Å². The van der Waals surface area contributed by atoms with Crippen molar-refractivity contribution in [1.82, 2.24) is 0 Å². The molecule has 0 spiro atoms. The zero-order valence-corrected chi connectivity index (χ0v) is 10.2. The minimum atomic E-state index is 0.188. The molecule has 2 N–H and O–H groups in total. The molecule has 0 aromatic carbocycles. The number of allylic oxidation sites excluding steroid dienone is 2. The van der Waals surface area contributed by atoms with Crippen molar-refractivity contribution in [2.75, 3.05) is 5.73 Å². The molecular formula is C13H19NO. The highest BCUT2D eigenvalue weighted by molar-refractivity contribution is 5.76. The number of rotatable bonds is 0. The largest absolute Gasteiger partial charge is 0.445 e. The second-order valence-electron chi connectivity index (χ2n) is 5.20. The Morgan fingerprint density at radius 2 is 1.80 bits per heavy atom. The lowest BCUT2D eigenvalue weighted by atomic mass is 9.73. The van der Waals surface area contributed by atoms with Crippen molar-refractivity contribution in [2.24, 2.45) is 5.41 Å². The van der Waals surface area contributed by atoms with Gasteiger partial charge in [-0.3, -0.25) is 0 Å². The number of anilines is 1. The topological polar surface area (TPSA) is 39.2 Å². The molecule has 0 atom stereocenters. The van der Waals surface area contributed by atoms with Crippen LogP contribution in [0.5, 0.6) is 0 Å². The van der Waals surface area contributed by atoms with Crippen LogP contribution in [0.2, 0.25) is 0 Å². The van der Waals surface area contributed by atoms with Gasteiger partial charge in [-0.25, -0.2) is 0 Å². The second kappa shape index (κ2) is 2.91. The van der Waals surface area contributed by atoms with Crippen molar-refractivity contribution in [3.63, 3.8) is 0 Å². The molecule has 82 valence electrons. The van der Waals surface area contributed by atoms with Gasteiger partial charge in [0, 0.05) is 17.5 Å². The average molecular weight is 205 g/mol. The molecule has 1 aliphatic rings. The van der Waals surface area contributed by atoms with E-state index in [1.165, 1.54) is 16.7 Å². The predicted octanol–water partition coefficient (Wildman–Crippen LogP) is 3.55. The van der Waals surface area contributed by atoms with Gasteiger partial charge < -0.3 is 10.2 Å². The van der Waals surface area contributed by atoms with E-state index in [0.717, 1.165) is 17.7 Å². The molecular weight excluding hydrogens is 186 g/mol. The van der Waals surface area contributed by atoms with Crippen molar-refractivity contribution < 1.29 is 4.42 Å². The highest BCUT2D eigenvalue weighted by Gasteiger charge is 2.33. The Morgan fingerprint density at radius 3 is 2.40 bits per heavy atom.